The number of hydrogen-bond donors (Lipinski definition) is 4. The number of anilines is 1. The standard InChI is InChI=1S/C13H14N2O6/c16-9(13(19)20)3-4-14-12(18)7-1-2-10-8(5-7)15-11(17)6-21-10/h1-2,5,9,16H,3-4,6H2,(H,14,18)(H,15,17)(H,19,20)/t9-/m0/s1. The van der Waals surface area contributed by atoms with E-state index in [9.17, 15) is 14.4 Å². The van der Waals surface area contributed by atoms with Crippen LogP contribution in [0.15, 0.2) is 18.2 Å². The summed E-state index contributed by atoms with van der Waals surface area (Å²) in [5, 5.41) is 22.7. The van der Waals surface area contributed by atoms with Gasteiger partial charge in [0.15, 0.2) is 12.7 Å². The van der Waals surface area contributed by atoms with Gasteiger partial charge in [-0.3, -0.25) is 9.59 Å². The number of carbonyl (C=O) groups is 3. The molecule has 0 aliphatic carbocycles. The van der Waals surface area contributed by atoms with Crippen LogP contribution in [0.3, 0.4) is 0 Å². The van der Waals surface area contributed by atoms with Crippen molar-refractivity contribution in [1.82, 2.24) is 5.32 Å². The number of hydrogen-bond acceptors (Lipinski definition) is 5. The molecule has 1 atom stereocenters. The Morgan fingerprint density at radius 3 is 2.90 bits per heavy atom. The van der Waals surface area contributed by atoms with Gasteiger partial charge in [-0.2, -0.15) is 0 Å². The van der Waals surface area contributed by atoms with Gasteiger partial charge < -0.3 is 25.6 Å². The maximum Gasteiger partial charge on any atom is 0.332 e. The molecular formula is C13H14N2O6. The van der Waals surface area contributed by atoms with E-state index in [1.54, 1.807) is 6.07 Å². The van der Waals surface area contributed by atoms with E-state index in [2.05, 4.69) is 10.6 Å². The van der Waals surface area contributed by atoms with Gasteiger partial charge in [-0.15, -0.1) is 0 Å². The normalized spacial score (nSPS) is 14.4. The van der Waals surface area contributed by atoms with E-state index in [4.69, 9.17) is 14.9 Å². The van der Waals surface area contributed by atoms with E-state index >= 15 is 0 Å². The first-order valence-electron chi connectivity index (χ1n) is 6.23. The summed E-state index contributed by atoms with van der Waals surface area (Å²) in [5.74, 6) is -1.59. The number of amides is 2. The second-order valence-electron chi connectivity index (χ2n) is 4.45. The Morgan fingerprint density at radius 1 is 1.43 bits per heavy atom. The quantitative estimate of drug-likeness (QED) is 0.584. The molecule has 0 unspecified atom stereocenters. The molecule has 1 aromatic rings. The summed E-state index contributed by atoms with van der Waals surface area (Å²) in [6.07, 6.45) is -1.60. The van der Waals surface area contributed by atoms with Gasteiger partial charge in [0, 0.05) is 18.5 Å². The van der Waals surface area contributed by atoms with E-state index in [1.807, 2.05) is 0 Å². The molecular weight excluding hydrogens is 280 g/mol. The molecule has 8 nitrogen and oxygen atoms in total. The fourth-order valence-electron chi connectivity index (χ4n) is 1.77. The Labute approximate surface area is 119 Å². The number of rotatable bonds is 5. The zero-order chi connectivity index (χ0) is 15.4. The number of ether oxygens (including phenoxy) is 1. The predicted molar refractivity (Wildman–Crippen MR) is 71.2 cm³/mol. The van der Waals surface area contributed by atoms with Gasteiger partial charge in [0.1, 0.15) is 5.75 Å². The lowest BCUT2D eigenvalue weighted by molar-refractivity contribution is -0.146. The van der Waals surface area contributed by atoms with Gasteiger partial charge in [-0.25, -0.2) is 4.79 Å². The Morgan fingerprint density at radius 2 is 2.19 bits per heavy atom. The fourth-order valence-corrected chi connectivity index (χ4v) is 1.77. The van der Waals surface area contributed by atoms with Crippen molar-refractivity contribution in [2.75, 3.05) is 18.5 Å². The van der Waals surface area contributed by atoms with Crippen LogP contribution in [-0.4, -0.2) is 47.3 Å². The molecule has 2 amide bonds. The zero-order valence-corrected chi connectivity index (χ0v) is 11.0. The summed E-state index contributed by atoms with van der Waals surface area (Å²) in [4.78, 5) is 33.5. The third-order valence-electron chi connectivity index (χ3n) is 2.86. The number of benzene rings is 1. The third-order valence-corrected chi connectivity index (χ3v) is 2.86. The third kappa shape index (κ3) is 3.69. The second-order valence-corrected chi connectivity index (χ2v) is 4.45. The van der Waals surface area contributed by atoms with Gasteiger partial charge in [0.2, 0.25) is 0 Å². The summed E-state index contributed by atoms with van der Waals surface area (Å²) in [6, 6.07) is 4.56. The van der Waals surface area contributed by atoms with Gasteiger partial charge in [-0.1, -0.05) is 0 Å². The van der Waals surface area contributed by atoms with E-state index in [0.717, 1.165) is 0 Å². The SMILES string of the molecule is O=C1COc2ccc(C(=O)NCC[C@H](O)C(=O)O)cc2N1. The molecule has 21 heavy (non-hydrogen) atoms. The lowest BCUT2D eigenvalue weighted by Gasteiger charge is -2.18. The van der Waals surface area contributed by atoms with Crippen molar-refractivity contribution in [3.8, 4) is 5.75 Å². The van der Waals surface area contributed by atoms with Crippen LogP contribution in [0.5, 0.6) is 5.75 Å². The number of carboxylic acids is 1. The second kappa shape index (κ2) is 6.23. The Bertz CT molecular complexity index is 586. The van der Waals surface area contributed by atoms with Crippen molar-refractivity contribution in [2.24, 2.45) is 0 Å². The van der Waals surface area contributed by atoms with E-state index in [1.165, 1.54) is 12.1 Å². The molecule has 0 fully saturated rings. The van der Waals surface area contributed by atoms with Crippen LogP contribution in [0.25, 0.3) is 0 Å². The maximum absolute atomic E-state index is 11.9. The number of nitrogens with one attached hydrogen (secondary N) is 2. The molecule has 0 spiro atoms. The summed E-state index contributed by atoms with van der Waals surface area (Å²) >= 11 is 0. The highest BCUT2D eigenvalue weighted by Crippen LogP contribution is 2.28. The number of fused-ring (bicyclic) bond motifs is 1. The Hall–Kier alpha value is -2.61. The minimum Gasteiger partial charge on any atom is -0.482 e. The molecule has 1 aliphatic rings. The first kappa shape index (κ1) is 14.8. The number of aliphatic hydroxyl groups excluding tert-OH is 1. The van der Waals surface area contributed by atoms with Crippen LogP contribution in [-0.2, 0) is 9.59 Å². The van der Waals surface area contributed by atoms with Crippen molar-refractivity contribution in [3.05, 3.63) is 23.8 Å². The van der Waals surface area contributed by atoms with Crippen LogP contribution in [0.4, 0.5) is 5.69 Å². The first-order chi connectivity index (χ1) is 9.97. The van der Waals surface area contributed by atoms with E-state index < -0.39 is 18.0 Å². The number of aliphatic carboxylic acids is 1. The molecule has 1 aromatic carbocycles. The van der Waals surface area contributed by atoms with Crippen LogP contribution in [0.2, 0.25) is 0 Å². The molecule has 4 N–H and O–H groups in total. The molecule has 112 valence electrons. The largest absolute Gasteiger partial charge is 0.482 e. The first-order valence-corrected chi connectivity index (χ1v) is 6.23. The molecule has 0 bridgehead atoms. The summed E-state index contributed by atoms with van der Waals surface area (Å²) in [5.41, 5.74) is 0.703. The molecule has 0 aromatic heterocycles. The molecule has 0 radical (unpaired) electrons. The van der Waals surface area contributed by atoms with Gasteiger partial charge >= 0.3 is 5.97 Å². The lowest BCUT2D eigenvalue weighted by atomic mass is 10.1. The van der Waals surface area contributed by atoms with Crippen LogP contribution >= 0.6 is 0 Å². The zero-order valence-electron chi connectivity index (χ0n) is 11.0. The molecule has 0 saturated heterocycles. The summed E-state index contributed by atoms with van der Waals surface area (Å²) < 4.78 is 5.17. The number of carboxylic acid groups (broad SMARTS) is 1. The molecule has 2 rings (SSSR count). The molecule has 1 heterocycles. The smallest absolute Gasteiger partial charge is 0.332 e. The average molecular weight is 294 g/mol. The van der Waals surface area contributed by atoms with Crippen LogP contribution in [0.1, 0.15) is 16.8 Å². The van der Waals surface area contributed by atoms with E-state index in [0.29, 0.717) is 17.0 Å². The van der Waals surface area contributed by atoms with Gasteiger partial charge in [0.05, 0.1) is 5.69 Å². The monoisotopic (exact) mass is 294 g/mol. The molecule has 8 heteroatoms. The Kier molecular flexibility index (Phi) is 4.39. The van der Waals surface area contributed by atoms with Crippen molar-refractivity contribution in [2.45, 2.75) is 12.5 Å². The highest BCUT2D eigenvalue weighted by molar-refractivity contribution is 5.99. The lowest BCUT2D eigenvalue weighted by Crippen LogP contribution is -2.30. The minimum absolute atomic E-state index is 0.0201. The molecule has 0 saturated carbocycles. The molecule has 1 aliphatic heterocycles. The highest BCUT2D eigenvalue weighted by atomic mass is 16.5. The van der Waals surface area contributed by atoms with Crippen molar-refractivity contribution >= 4 is 23.5 Å². The van der Waals surface area contributed by atoms with Gasteiger partial charge in [0.25, 0.3) is 11.8 Å². The van der Waals surface area contributed by atoms with Crippen molar-refractivity contribution in [1.29, 1.82) is 0 Å². The topological polar surface area (TPSA) is 125 Å². The van der Waals surface area contributed by atoms with Crippen molar-refractivity contribution < 1.29 is 29.3 Å². The fraction of sp³-hybridized carbons (Fsp3) is 0.308. The van der Waals surface area contributed by atoms with Crippen LogP contribution in [0, 0.1) is 0 Å². The minimum atomic E-state index is -1.51. The van der Waals surface area contributed by atoms with E-state index in [-0.39, 0.29) is 25.5 Å². The summed E-state index contributed by atoms with van der Waals surface area (Å²) in [7, 11) is 0. The van der Waals surface area contributed by atoms with Crippen molar-refractivity contribution in [3.63, 3.8) is 0 Å². The Balaban J connectivity index is 1.95. The van der Waals surface area contributed by atoms with Crippen LogP contribution < -0.4 is 15.4 Å². The number of carbonyl (C=O) groups excluding carboxylic acids is 2. The average Bonchev–Trinajstić information content (AvgIpc) is 2.45. The highest BCUT2D eigenvalue weighted by Gasteiger charge is 2.18. The maximum atomic E-state index is 11.9. The summed E-state index contributed by atoms with van der Waals surface area (Å²) in [6.45, 7) is -0.0438. The predicted octanol–water partition coefficient (Wildman–Crippen LogP) is -0.417. The number of aliphatic hydroxyl groups is 1. The van der Waals surface area contributed by atoms with Gasteiger partial charge in [-0.05, 0) is 18.2 Å².